The van der Waals surface area contributed by atoms with Crippen LogP contribution in [0.25, 0.3) is 11.0 Å². The number of hydrogen-bond donors (Lipinski definition) is 0. The summed E-state index contributed by atoms with van der Waals surface area (Å²) in [5.41, 5.74) is -3.31. The number of non-ortho nitro benzene ring substituents is 1. The van der Waals surface area contributed by atoms with Gasteiger partial charge in [0.2, 0.25) is 0 Å². The molecule has 0 aliphatic rings. The van der Waals surface area contributed by atoms with Gasteiger partial charge in [0.1, 0.15) is 0 Å². The fraction of sp³-hybridized carbons (Fsp3) is 0.222. The number of halogens is 4. The molecule has 0 amide bonds. The van der Waals surface area contributed by atoms with Crippen molar-refractivity contribution in [1.82, 2.24) is 9.13 Å². The van der Waals surface area contributed by atoms with Crippen molar-refractivity contribution < 1.29 is 22.5 Å². The van der Waals surface area contributed by atoms with Crippen LogP contribution in [0, 0.1) is 10.1 Å². The Kier molecular flexibility index (Phi) is 3.00. The maximum absolute atomic E-state index is 12.7. The van der Waals surface area contributed by atoms with E-state index in [0.717, 1.165) is 12.1 Å². The van der Waals surface area contributed by atoms with Gasteiger partial charge < -0.3 is 0 Å². The molecule has 1 heterocycles. The average Bonchev–Trinajstić information content (AvgIpc) is 2.59. The second-order valence-electron chi connectivity index (χ2n) is 3.51. The summed E-state index contributed by atoms with van der Waals surface area (Å²) in [6.07, 6.45) is 0. The van der Waals surface area contributed by atoms with E-state index in [1.54, 1.807) is 0 Å². The summed E-state index contributed by atoms with van der Waals surface area (Å²) in [6.45, 7) is -6.70. The van der Waals surface area contributed by atoms with E-state index in [1.165, 1.54) is 0 Å². The van der Waals surface area contributed by atoms with E-state index in [9.17, 15) is 32.5 Å². The van der Waals surface area contributed by atoms with Crippen LogP contribution < -0.4 is 5.69 Å². The summed E-state index contributed by atoms with van der Waals surface area (Å²) >= 11 is 0. The van der Waals surface area contributed by atoms with Gasteiger partial charge in [-0.2, -0.15) is 17.6 Å². The lowest BCUT2D eigenvalue weighted by molar-refractivity contribution is -0.384. The van der Waals surface area contributed by atoms with Gasteiger partial charge in [-0.3, -0.25) is 10.1 Å². The second-order valence-corrected chi connectivity index (χ2v) is 3.51. The van der Waals surface area contributed by atoms with E-state index >= 15 is 0 Å². The normalized spacial score (nSPS) is 11.7. The summed E-state index contributed by atoms with van der Waals surface area (Å²) in [5, 5.41) is 10.5. The Labute approximate surface area is 101 Å². The van der Waals surface area contributed by atoms with Crippen molar-refractivity contribution in [3.8, 4) is 0 Å². The van der Waals surface area contributed by atoms with Gasteiger partial charge >= 0.3 is 18.8 Å². The van der Waals surface area contributed by atoms with E-state index in [0.29, 0.717) is 6.07 Å². The molecule has 2 aromatic rings. The lowest BCUT2D eigenvalue weighted by Crippen LogP contribution is -2.25. The van der Waals surface area contributed by atoms with Crippen LogP contribution in [0.2, 0.25) is 0 Å². The third kappa shape index (κ3) is 1.94. The zero-order chi connectivity index (χ0) is 14.3. The number of imidazole rings is 1. The zero-order valence-electron chi connectivity index (χ0n) is 8.96. The summed E-state index contributed by atoms with van der Waals surface area (Å²) in [6, 6.07) is 2.35. The van der Waals surface area contributed by atoms with Gasteiger partial charge in [0.05, 0.1) is 16.0 Å². The molecule has 0 aliphatic heterocycles. The molecular weight excluding hydrogens is 274 g/mol. The first kappa shape index (κ1) is 13.1. The molecule has 0 saturated heterocycles. The van der Waals surface area contributed by atoms with Gasteiger partial charge in [-0.15, -0.1) is 0 Å². The van der Waals surface area contributed by atoms with Gasteiger partial charge in [-0.1, -0.05) is 0 Å². The topological polar surface area (TPSA) is 70.1 Å². The highest BCUT2D eigenvalue weighted by Gasteiger charge is 2.25. The van der Waals surface area contributed by atoms with Gasteiger partial charge in [0.15, 0.2) is 0 Å². The maximum Gasteiger partial charge on any atom is 0.338 e. The molecule has 0 unspecified atom stereocenters. The molecule has 1 aromatic carbocycles. The smallest absolute Gasteiger partial charge is 0.258 e. The molecule has 6 nitrogen and oxygen atoms in total. The summed E-state index contributed by atoms with van der Waals surface area (Å²) in [4.78, 5) is 21.1. The Hall–Kier alpha value is -2.39. The summed E-state index contributed by atoms with van der Waals surface area (Å²) in [7, 11) is 0. The Morgan fingerprint density at radius 3 is 2.05 bits per heavy atom. The predicted octanol–water partition coefficient (Wildman–Crippen LogP) is 2.50. The van der Waals surface area contributed by atoms with Crippen molar-refractivity contribution in [2.45, 2.75) is 13.1 Å². The minimum absolute atomic E-state index is 0.148. The molecule has 0 radical (unpaired) electrons. The average molecular weight is 279 g/mol. The number of benzene rings is 1. The number of hydrogen-bond acceptors (Lipinski definition) is 3. The molecule has 1 aromatic heterocycles. The first-order valence-electron chi connectivity index (χ1n) is 4.81. The van der Waals surface area contributed by atoms with E-state index in [1.807, 2.05) is 0 Å². The molecule has 0 fully saturated rings. The highest BCUT2D eigenvalue weighted by atomic mass is 19.3. The SMILES string of the molecule is O=c1n(C(F)F)c2ccc([N+](=O)[O-])cc2n1C(F)F. The molecular formula is C9H5F4N3O3. The second kappa shape index (κ2) is 4.37. The minimum atomic E-state index is -3.38. The van der Waals surface area contributed by atoms with Gasteiger partial charge in [0.25, 0.3) is 5.69 Å². The van der Waals surface area contributed by atoms with Crippen LogP contribution in [0.3, 0.4) is 0 Å². The number of nitro groups is 1. The molecule has 102 valence electrons. The number of nitrogens with zero attached hydrogens (tertiary/aromatic N) is 3. The highest BCUT2D eigenvalue weighted by Crippen LogP contribution is 2.26. The van der Waals surface area contributed by atoms with Crippen LogP contribution in [0.4, 0.5) is 23.2 Å². The fourth-order valence-electron chi connectivity index (χ4n) is 1.72. The lowest BCUT2D eigenvalue weighted by Gasteiger charge is -1.99. The van der Waals surface area contributed by atoms with Crippen molar-refractivity contribution >= 4 is 16.7 Å². The number of rotatable bonds is 3. The van der Waals surface area contributed by atoms with E-state index in [-0.39, 0.29) is 9.13 Å². The van der Waals surface area contributed by atoms with Crippen molar-refractivity contribution in [3.63, 3.8) is 0 Å². The molecule has 0 bridgehead atoms. The lowest BCUT2D eigenvalue weighted by atomic mass is 10.3. The fourth-order valence-corrected chi connectivity index (χ4v) is 1.72. The first-order chi connectivity index (χ1) is 8.84. The van der Waals surface area contributed by atoms with E-state index in [4.69, 9.17) is 0 Å². The van der Waals surface area contributed by atoms with Crippen LogP contribution in [0.15, 0.2) is 23.0 Å². The molecule has 0 atom stereocenters. The van der Waals surface area contributed by atoms with E-state index < -0.39 is 40.4 Å². The summed E-state index contributed by atoms with van der Waals surface area (Å²) < 4.78 is 50.4. The zero-order valence-corrected chi connectivity index (χ0v) is 8.96. The number of aromatic nitrogens is 2. The highest BCUT2D eigenvalue weighted by molar-refractivity contribution is 5.79. The third-order valence-corrected chi connectivity index (χ3v) is 2.49. The van der Waals surface area contributed by atoms with Crippen molar-refractivity contribution in [1.29, 1.82) is 0 Å². The minimum Gasteiger partial charge on any atom is -0.258 e. The summed E-state index contributed by atoms with van der Waals surface area (Å²) in [5.74, 6) is 0. The van der Waals surface area contributed by atoms with Crippen LogP contribution >= 0.6 is 0 Å². The largest absolute Gasteiger partial charge is 0.338 e. The number of alkyl halides is 4. The van der Waals surface area contributed by atoms with Gasteiger partial charge in [-0.25, -0.2) is 13.9 Å². The Balaban J connectivity index is 2.90. The molecule has 2 rings (SSSR count). The Morgan fingerprint density at radius 1 is 1.05 bits per heavy atom. The predicted molar refractivity (Wildman–Crippen MR) is 55.4 cm³/mol. The van der Waals surface area contributed by atoms with Gasteiger partial charge in [0, 0.05) is 12.1 Å². The maximum atomic E-state index is 12.7. The Bertz CT molecular complexity index is 707. The third-order valence-electron chi connectivity index (χ3n) is 2.49. The van der Waals surface area contributed by atoms with Crippen molar-refractivity contribution in [2.24, 2.45) is 0 Å². The Morgan fingerprint density at radius 2 is 1.58 bits per heavy atom. The standard InChI is InChI=1S/C9H5F4N3O3/c10-7(11)14-5-2-1-4(16(18)19)3-6(5)15(8(12)13)9(14)17/h1-3,7-8H. The van der Waals surface area contributed by atoms with Crippen LogP contribution in [0.5, 0.6) is 0 Å². The molecule has 0 N–H and O–H groups in total. The van der Waals surface area contributed by atoms with E-state index in [2.05, 4.69) is 0 Å². The number of fused-ring (bicyclic) bond motifs is 1. The molecule has 0 aliphatic carbocycles. The van der Waals surface area contributed by atoms with Crippen LogP contribution in [-0.2, 0) is 0 Å². The quantitative estimate of drug-likeness (QED) is 0.492. The number of nitro benzene ring substituents is 1. The van der Waals surface area contributed by atoms with Gasteiger partial charge in [-0.05, 0) is 6.07 Å². The monoisotopic (exact) mass is 279 g/mol. The van der Waals surface area contributed by atoms with Crippen LogP contribution in [0.1, 0.15) is 13.1 Å². The molecule has 10 heteroatoms. The molecule has 19 heavy (non-hydrogen) atoms. The van der Waals surface area contributed by atoms with Crippen molar-refractivity contribution in [2.75, 3.05) is 0 Å². The van der Waals surface area contributed by atoms with Crippen LogP contribution in [-0.4, -0.2) is 14.1 Å². The molecule has 0 spiro atoms. The van der Waals surface area contributed by atoms with Crippen molar-refractivity contribution in [3.05, 3.63) is 38.8 Å². The molecule has 0 saturated carbocycles. The first-order valence-corrected chi connectivity index (χ1v) is 4.81.